The zero-order chi connectivity index (χ0) is 13.0. The summed E-state index contributed by atoms with van der Waals surface area (Å²) in [6, 6.07) is 1.85. The van der Waals surface area contributed by atoms with E-state index in [1.54, 1.807) is 11.2 Å². The van der Waals surface area contributed by atoms with E-state index in [1.165, 1.54) is 0 Å². The summed E-state index contributed by atoms with van der Waals surface area (Å²) in [6.45, 7) is 2.85. The molecular formula is C13H20N2O3. The fraction of sp³-hybridized carbons (Fsp3) is 0.615. The number of nitrogens with one attached hydrogen (secondary N) is 1. The molecule has 1 atom stereocenters. The number of furan rings is 1. The van der Waals surface area contributed by atoms with Crippen molar-refractivity contribution in [1.82, 2.24) is 10.2 Å². The number of amides is 2. The first-order chi connectivity index (χ1) is 8.76. The van der Waals surface area contributed by atoms with Gasteiger partial charge in [0.1, 0.15) is 5.76 Å². The van der Waals surface area contributed by atoms with Crippen molar-refractivity contribution in [2.45, 2.75) is 32.2 Å². The lowest BCUT2D eigenvalue weighted by Crippen LogP contribution is -2.43. The predicted octanol–water partition coefficient (Wildman–Crippen LogP) is 1.68. The molecule has 18 heavy (non-hydrogen) atoms. The van der Waals surface area contributed by atoms with Crippen molar-refractivity contribution < 1.29 is 14.3 Å². The molecule has 2 N–H and O–H groups in total. The lowest BCUT2D eigenvalue weighted by molar-refractivity contribution is 0.176. The summed E-state index contributed by atoms with van der Waals surface area (Å²) < 4.78 is 5.40. The molecular weight excluding hydrogens is 232 g/mol. The van der Waals surface area contributed by atoms with Crippen LogP contribution < -0.4 is 5.32 Å². The molecule has 0 saturated carbocycles. The average Bonchev–Trinajstić information content (AvgIpc) is 2.85. The zero-order valence-electron chi connectivity index (χ0n) is 10.7. The van der Waals surface area contributed by atoms with Crippen molar-refractivity contribution in [2.75, 3.05) is 19.7 Å². The molecule has 1 aromatic rings. The van der Waals surface area contributed by atoms with Gasteiger partial charge >= 0.3 is 6.03 Å². The van der Waals surface area contributed by atoms with Gasteiger partial charge in [-0.1, -0.05) is 0 Å². The monoisotopic (exact) mass is 252 g/mol. The second-order valence-electron chi connectivity index (χ2n) is 4.50. The van der Waals surface area contributed by atoms with E-state index >= 15 is 0 Å². The highest BCUT2D eigenvalue weighted by Crippen LogP contribution is 2.30. The first-order valence-electron chi connectivity index (χ1n) is 6.48. The Bertz CT molecular complexity index is 403. The van der Waals surface area contributed by atoms with E-state index in [0.29, 0.717) is 13.1 Å². The van der Waals surface area contributed by atoms with Gasteiger partial charge in [-0.2, -0.15) is 0 Å². The van der Waals surface area contributed by atoms with Crippen molar-refractivity contribution in [1.29, 1.82) is 0 Å². The molecule has 100 valence electrons. The Kier molecular flexibility index (Phi) is 4.25. The van der Waals surface area contributed by atoms with Crippen LogP contribution in [0.1, 0.15) is 37.1 Å². The minimum absolute atomic E-state index is 0.0110. The van der Waals surface area contributed by atoms with Crippen LogP contribution in [-0.4, -0.2) is 35.7 Å². The minimum Gasteiger partial charge on any atom is -0.469 e. The van der Waals surface area contributed by atoms with Gasteiger partial charge in [-0.3, -0.25) is 0 Å². The largest absolute Gasteiger partial charge is 0.469 e. The normalized spacial score (nSPS) is 18.2. The smallest absolute Gasteiger partial charge is 0.317 e. The Morgan fingerprint density at radius 2 is 2.50 bits per heavy atom. The third kappa shape index (κ3) is 2.67. The third-order valence-electron chi connectivity index (χ3n) is 3.39. The van der Waals surface area contributed by atoms with Gasteiger partial charge in [0, 0.05) is 25.1 Å². The summed E-state index contributed by atoms with van der Waals surface area (Å²) in [4.78, 5) is 13.6. The van der Waals surface area contributed by atoms with E-state index in [4.69, 9.17) is 9.52 Å². The molecule has 1 unspecified atom stereocenters. The molecule has 0 bridgehead atoms. The number of fused-ring (bicyclic) bond motifs is 1. The first kappa shape index (κ1) is 13.0. The molecule has 1 aromatic heterocycles. The fourth-order valence-corrected chi connectivity index (χ4v) is 2.40. The molecule has 0 aromatic carbocycles. The molecule has 0 radical (unpaired) electrons. The van der Waals surface area contributed by atoms with Crippen LogP contribution in [0.3, 0.4) is 0 Å². The molecule has 0 aliphatic heterocycles. The molecule has 0 fully saturated rings. The molecule has 0 saturated heterocycles. The number of aryl methyl sites for hydroxylation is 1. The fourth-order valence-electron chi connectivity index (χ4n) is 2.40. The lowest BCUT2D eigenvalue weighted by Gasteiger charge is -2.27. The second-order valence-corrected chi connectivity index (χ2v) is 4.50. The summed E-state index contributed by atoms with van der Waals surface area (Å²) in [5, 5.41) is 11.9. The van der Waals surface area contributed by atoms with Crippen molar-refractivity contribution >= 4 is 6.03 Å². The Morgan fingerprint density at radius 3 is 3.22 bits per heavy atom. The zero-order valence-corrected chi connectivity index (χ0v) is 10.7. The Balaban J connectivity index is 2.00. The van der Waals surface area contributed by atoms with E-state index in [2.05, 4.69) is 5.32 Å². The number of aliphatic hydroxyl groups excluding tert-OH is 1. The van der Waals surface area contributed by atoms with E-state index in [0.717, 1.165) is 30.6 Å². The first-order valence-corrected chi connectivity index (χ1v) is 6.48. The predicted molar refractivity (Wildman–Crippen MR) is 67.3 cm³/mol. The van der Waals surface area contributed by atoms with Crippen molar-refractivity contribution in [2.24, 2.45) is 0 Å². The van der Waals surface area contributed by atoms with Gasteiger partial charge in [-0.15, -0.1) is 0 Å². The lowest BCUT2D eigenvalue weighted by atomic mass is 9.93. The Morgan fingerprint density at radius 1 is 1.67 bits per heavy atom. The summed E-state index contributed by atoms with van der Waals surface area (Å²) in [5.74, 6) is 0.983. The van der Waals surface area contributed by atoms with Crippen molar-refractivity contribution in [3.63, 3.8) is 0 Å². The summed E-state index contributed by atoms with van der Waals surface area (Å²) in [6.07, 6.45) is 4.59. The summed E-state index contributed by atoms with van der Waals surface area (Å²) in [7, 11) is 0. The number of rotatable bonds is 4. The molecule has 5 heteroatoms. The minimum atomic E-state index is -0.120. The second kappa shape index (κ2) is 5.91. The van der Waals surface area contributed by atoms with Crippen molar-refractivity contribution in [3.8, 4) is 0 Å². The van der Waals surface area contributed by atoms with Crippen LogP contribution in [0.5, 0.6) is 0 Å². The number of carbonyl (C=O) groups excluding carboxylic acids is 1. The molecule has 2 rings (SSSR count). The van der Waals surface area contributed by atoms with Gasteiger partial charge in [-0.25, -0.2) is 4.79 Å². The molecule has 1 aliphatic rings. The van der Waals surface area contributed by atoms with Crippen LogP contribution in [0, 0.1) is 0 Å². The van der Waals surface area contributed by atoms with Gasteiger partial charge in [0.05, 0.1) is 18.9 Å². The van der Waals surface area contributed by atoms with Crippen LogP contribution in [0.4, 0.5) is 4.79 Å². The van der Waals surface area contributed by atoms with Gasteiger partial charge in [-0.05, 0) is 25.8 Å². The quantitative estimate of drug-likeness (QED) is 0.856. The van der Waals surface area contributed by atoms with E-state index in [-0.39, 0.29) is 18.7 Å². The highest BCUT2D eigenvalue weighted by Gasteiger charge is 2.25. The highest BCUT2D eigenvalue weighted by molar-refractivity contribution is 5.74. The van der Waals surface area contributed by atoms with E-state index in [1.807, 2.05) is 13.0 Å². The van der Waals surface area contributed by atoms with Crippen LogP contribution >= 0.6 is 0 Å². The maximum absolute atomic E-state index is 12.0. The number of urea groups is 1. The SMILES string of the molecule is CCN(CCO)C(=O)NC1CCCc2occc21. The van der Waals surface area contributed by atoms with Crippen LogP contribution in [0.2, 0.25) is 0 Å². The number of aliphatic hydroxyl groups is 1. The molecule has 1 heterocycles. The van der Waals surface area contributed by atoms with Gasteiger partial charge in [0.15, 0.2) is 0 Å². The topological polar surface area (TPSA) is 65.7 Å². The number of hydrogen-bond donors (Lipinski definition) is 2. The molecule has 2 amide bonds. The van der Waals surface area contributed by atoms with Gasteiger partial charge in [0.2, 0.25) is 0 Å². The number of likely N-dealkylation sites (N-methyl/N-ethyl adjacent to an activating group) is 1. The maximum Gasteiger partial charge on any atom is 0.317 e. The average molecular weight is 252 g/mol. The van der Waals surface area contributed by atoms with Crippen LogP contribution in [0.15, 0.2) is 16.7 Å². The highest BCUT2D eigenvalue weighted by atomic mass is 16.3. The van der Waals surface area contributed by atoms with Crippen molar-refractivity contribution in [3.05, 3.63) is 23.7 Å². The number of hydrogen-bond acceptors (Lipinski definition) is 3. The maximum atomic E-state index is 12.0. The van der Waals surface area contributed by atoms with E-state index < -0.39 is 0 Å². The third-order valence-corrected chi connectivity index (χ3v) is 3.39. The standard InChI is InChI=1S/C13H20N2O3/c1-2-15(7-8-16)13(17)14-11-4-3-5-12-10(11)6-9-18-12/h6,9,11,16H,2-5,7-8H2,1H3,(H,14,17). The van der Waals surface area contributed by atoms with Crippen LogP contribution in [-0.2, 0) is 6.42 Å². The van der Waals surface area contributed by atoms with Gasteiger partial charge < -0.3 is 19.7 Å². The van der Waals surface area contributed by atoms with Gasteiger partial charge in [0.25, 0.3) is 0 Å². The summed E-state index contributed by atoms with van der Waals surface area (Å²) in [5.41, 5.74) is 1.09. The summed E-state index contributed by atoms with van der Waals surface area (Å²) >= 11 is 0. The van der Waals surface area contributed by atoms with E-state index in [9.17, 15) is 4.79 Å². The Hall–Kier alpha value is -1.49. The molecule has 0 spiro atoms. The number of nitrogens with zero attached hydrogens (tertiary/aromatic N) is 1. The molecule has 1 aliphatic carbocycles. The Labute approximate surface area is 107 Å². The molecule has 5 nitrogen and oxygen atoms in total. The van der Waals surface area contributed by atoms with Crippen LogP contribution in [0.25, 0.3) is 0 Å². The number of carbonyl (C=O) groups is 1.